The Labute approximate surface area is 202 Å². The third kappa shape index (κ3) is 5.83. The first-order valence-corrected chi connectivity index (χ1v) is 12.0. The van der Waals surface area contributed by atoms with Crippen molar-refractivity contribution in [2.75, 3.05) is 0 Å². The quantitative estimate of drug-likeness (QED) is 0.263. The highest BCUT2D eigenvalue weighted by Crippen LogP contribution is 2.27. The van der Waals surface area contributed by atoms with Gasteiger partial charge in [0.05, 0.1) is 17.1 Å². The van der Waals surface area contributed by atoms with Crippen LogP contribution >= 0.6 is 23.4 Å². The Morgan fingerprint density at radius 2 is 1.67 bits per heavy atom. The number of nitrogens with zero attached hydrogens (tertiary/aromatic N) is 3. The zero-order chi connectivity index (χ0) is 23.2. The molecule has 1 aromatic heterocycles. The summed E-state index contributed by atoms with van der Waals surface area (Å²) in [6, 6.07) is 25.3. The Kier molecular flexibility index (Phi) is 7.47. The zero-order valence-electron chi connectivity index (χ0n) is 18.4. The van der Waals surface area contributed by atoms with E-state index in [1.165, 1.54) is 5.56 Å². The van der Waals surface area contributed by atoms with Gasteiger partial charge in [0, 0.05) is 22.3 Å². The Balaban J connectivity index is 1.44. The van der Waals surface area contributed by atoms with Gasteiger partial charge >= 0.3 is 0 Å². The molecule has 1 amide bonds. The fraction of sp³-hybridized carbons (Fsp3) is 0.192. The van der Waals surface area contributed by atoms with Crippen LogP contribution in [0, 0.1) is 0 Å². The van der Waals surface area contributed by atoms with E-state index in [1.54, 1.807) is 22.7 Å². The van der Waals surface area contributed by atoms with Crippen molar-refractivity contribution in [3.8, 4) is 11.5 Å². The number of benzene rings is 3. The molecule has 1 heterocycles. The average molecular weight is 478 g/mol. The van der Waals surface area contributed by atoms with Gasteiger partial charge in [-0.25, -0.2) is 0 Å². The topological polar surface area (TPSA) is 59.2 Å². The summed E-state index contributed by atoms with van der Waals surface area (Å²) in [4.78, 5) is 16.1. The molecule has 0 unspecified atom stereocenters. The largest absolute Gasteiger partial charge is 0.419 e. The minimum absolute atomic E-state index is 0.0414. The minimum atomic E-state index is -0.0814. The number of hydrogen-bond acceptors (Lipinski definition) is 5. The molecule has 0 saturated heterocycles. The Morgan fingerprint density at radius 3 is 2.36 bits per heavy atom. The van der Waals surface area contributed by atoms with E-state index >= 15 is 0 Å². The van der Waals surface area contributed by atoms with E-state index in [2.05, 4.69) is 22.3 Å². The van der Waals surface area contributed by atoms with Crippen LogP contribution in [0.15, 0.2) is 88.2 Å². The molecule has 0 aliphatic heterocycles. The predicted octanol–water partition coefficient (Wildman–Crippen LogP) is 6.73. The van der Waals surface area contributed by atoms with Crippen LogP contribution in [-0.2, 0) is 12.3 Å². The number of thioether (sulfide) groups is 1. The van der Waals surface area contributed by atoms with Gasteiger partial charge in [-0.1, -0.05) is 54.1 Å². The lowest BCUT2D eigenvalue weighted by Gasteiger charge is -2.25. The van der Waals surface area contributed by atoms with Crippen molar-refractivity contribution in [1.29, 1.82) is 0 Å². The third-order valence-electron chi connectivity index (χ3n) is 5.11. The van der Waals surface area contributed by atoms with Crippen LogP contribution in [-0.4, -0.2) is 27.0 Å². The standard InChI is InChI=1S/C26H24ClN3O2S/c1-18(2)30(16-24-28-29-25(32-24)22-10-6-7-11-23(22)27)26(31)20-12-14-21(15-13-20)33-17-19-8-4-3-5-9-19/h3-15,18H,16-17H2,1-2H3. The summed E-state index contributed by atoms with van der Waals surface area (Å²) >= 11 is 7.97. The predicted molar refractivity (Wildman–Crippen MR) is 132 cm³/mol. The van der Waals surface area contributed by atoms with Gasteiger partial charge < -0.3 is 9.32 Å². The Morgan fingerprint density at radius 1 is 0.970 bits per heavy atom. The fourth-order valence-electron chi connectivity index (χ4n) is 3.30. The molecule has 0 atom stereocenters. The second kappa shape index (κ2) is 10.7. The molecule has 0 aliphatic carbocycles. The number of carbonyl (C=O) groups is 1. The lowest BCUT2D eigenvalue weighted by Crippen LogP contribution is -2.36. The molecule has 5 nitrogen and oxygen atoms in total. The summed E-state index contributed by atoms with van der Waals surface area (Å²) in [6.07, 6.45) is 0. The van der Waals surface area contributed by atoms with Crippen molar-refractivity contribution in [3.05, 3.63) is 101 Å². The van der Waals surface area contributed by atoms with Gasteiger partial charge in [-0.3, -0.25) is 4.79 Å². The first-order chi connectivity index (χ1) is 16.0. The molecule has 0 aliphatic rings. The zero-order valence-corrected chi connectivity index (χ0v) is 20.0. The Hall–Kier alpha value is -3.09. The van der Waals surface area contributed by atoms with Gasteiger partial charge in [0.25, 0.3) is 5.91 Å². The molecule has 4 aromatic rings. The normalized spacial score (nSPS) is 11.0. The summed E-state index contributed by atoms with van der Waals surface area (Å²) in [6.45, 7) is 4.15. The van der Waals surface area contributed by atoms with Crippen LogP contribution in [0.5, 0.6) is 0 Å². The Bertz CT molecular complexity index is 1210. The molecule has 3 aromatic carbocycles. The lowest BCUT2D eigenvalue weighted by atomic mass is 10.1. The number of hydrogen-bond donors (Lipinski definition) is 0. The number of rotatable bonds is 8. The maximum absolute atomic E-state index is 13.2. The van der Waals surface area contributed by atoms with Crippen LogP contribution < -0.4 is 0 Å². The molecule has 0 bridgehead atoms. The van der Waals surface area contributed by atoms with Crippen LogP contribution in [0.2, 0.25) is 5.02 Å². The smallest absolute Gasteiger partial charge is 0.254 e. The molecule has 0 saturated carbocycles. The molecule has 0 N–H and O–H groups in total. The summed E-state index contributed by atoms with van der Waals surface area (Å²) < 4.78 is 5.81. The summed E-state index contributed by atoms with van der Waals surface area (Å²) in [5.74, 6) is 1.51. The first kappa shape index (κ1) is 23.1. The minimum Gasteiger partial charge on any atom is -0.419 e. The molecule has 0 spiro atoms. The van der Waals surface area contributed by atoms with Crippen LogP contribution in [0.3, 0.4) is 0 Å². The van der Waals surface area contributed by atoms with Crippen LogP contribution in [0.25, 0.3) is 11.5 Å². The van der Waals surface area contributed by atoms with Crippen LogP contribution in [0.4, 0.5) is 0 Å². The maximum atomic E-state index is 13.2. The number of aromatic nitrogens is 2. The van der Waals surface area contributed by atoms with Gasteiger partial charge in [0.15, 0.2) is 0 Å². The van der Waals surface area contributed by atoms with E-state index in [0.29, 0.717) is 27.9 Å². The monoisotopic (exact) mass is 477 g/mol. The number of carbonyl (C=O) groups excluding carboxylic acids is 1. The second-order valence-electron chi connectivity index (χ2n) is 7.81. The van der Waals surface area contributed by atoms with Gasteiger partial charge in [0.1, 0.15) is 0 Å². The van der Waals surface area contributed by atoms with E-state index in [-0.39, 0.29) is 18.5 Å². The van der Waals surface area contributed by atoms with Crippen molar-refractivity contribution in [3.63, 3.8) is 0 Å². The number of halogens is 1. The molecular weight excluding hydrogens is 454 g/mol. The molecule has 168 valence electrons. The van der Waals surface area contributed by atoms with Crippen molar-refractivity contribution in [2.45, 2.75) is 37.1 Å². The van der Waals surface area contributed by atoms with Gasteiger partial charge in [-0.05, 0) is 55.8 Å². The van der Waals surface area contributed by atoms with Crippen LogP contribution in [0.1, 0.15) is 35.7 Å². The molecule has 33 heavy (non-hydrogen) atoms. The molecule has 7 heteroatoms. The van der Waals surface area contributed by atoms with E-state index in [0.717, 1.165) is 10.6 Å². The fourth-order valence-corrected chi connectivity index (χ4v) is 4.37. The van der Waals surface area contributed by atoms with Crippen molar-refractivity contribution < 1.29 is 9.21 Å². The van der Waals surface area contributed by atoms with E-state index in [1.807, 2.05) is 74.5 Å². The van der Waals surface area contributed by atoms with Gasteiger partial charge in [0.2, 0.25) is 11.8 Å². The van der Waals surface area contributed by atoms with Gasteiger partial charge in [-0.2, -0.15) is 0 Å². The average Bonchev–Trinajstić information content (AvgIpc) is 3.30. The van der Waals surface area contributed by atoms with Crippen molar-refractivity contribution in [1.82, 2.24) is 15.1 Å². The molecule has 0 radical (unpaired) electrons. The summed E-state index contributed by atoms with van der Waals surface area (Å²) in [7, 11) is 0. The first-order valence-electron chi connectivity index (χ1n) is 10.7. The molecule has 4 rings (SSSR count). The highest BCUT2D eigenvalue weighted by molar-refractivity contribution is 7.98. The molecular formula is C26H24ClN3O2S. The molecule has 0 fully saturated rings. The van der Waals surface area contributed by atoms with Crippen molar-refractivity contribution >= 4 is 29.3 Å². The number of amides is 1. The lowest BCUT2D eigenvalue weighted by molar-refractivity contribution is 0.0672. The van der Waals surface area contributed by atoms with E-state index < -0.39 is 0 Å². The summed E-state index contributed by atoms with van der Waals surface area (Å²) in [5, 5.41) is 8.77. The summed E-state index contributed by atoms with van der Waals surface area (Å²) in [5.41, 5.74) is 2.56. The van der Waals surface area contributed by atoms with Gasteiger partial charge in [-0.15, -0.1) is 22.0 Å². The SMILES string of the molecule is CC(C)N(Cc1nnc(-c2ccccc2Cl)o1)C(=O)c1ccc(SCc2ccccc2)cc1. The van der Waals surface area contributed by atoms with E-state index in [9.17, 15) is 4.79 Å². The highest BCUT2D eigenvalue weighted by Gasteiger charge is 2.22. The van der Waals surface area contributed by atoms with E-state index in [4.69, 9.17) is 16.0 Å². The second-order valence-corrected chi connectivity index (χ2v) is 9.26. The third-order valence-corrected chi connectivity index (χ3v) is 6.52. The van der Waals surface area contributed by atoms with Crippen molar-refractivity contribution in [2.24, 2.45) is 0 Å². The maximum Gasteiger partial charge on any atom is 0.254 e. The highest BCUT2D eigenvalue weighted by atomic mass is 35.5.